The summed E-state index contributed by atoms with van der Waals surface area (Å²) in [5, 5.41) is 3.47. The van der Waals surface area contributed by atoms with Crippen molar-refractivity contribution in [2.75, 3.05) is 12.3 Å². The van der Waals surface area contributed by atoms with Crippen molar-refractivity contribution in [3.63, 3.8) is 0 Å². The van der Waals surface area contributed by atoms with E-state index < -0.39 is 0 Å². The van der Waals surface area contributed by atoms with Gasteiger partial charge < -0.3 is 9.73 Å². The molecular formula is C16H21NOS. The average molecular weight is 275 g/mol. The Morgan fingerprint density at radius 3 is 2.74 bits per heavy atom. The van der Waals surface area contributed by atoms with Crippen LogP contribution in [0.25, 0.3) is 0 Å². The van der Waals surface area contributed by atoms with Crippen LogP contribution in [0.1, 0.15) is 29.9 Å². The van der Waals surface area contributed by atoms with E-state index in [1.807, 2.05) is 23.9 Å². The predicted octanol–water partition coefficient (Wildman–Crippen LogP) is 4.34. The van der Waals surface area contributed by atoms with Crippen LogP contribution in [0.3, 0.4) is 0 Å². The molecule has 0 bridgehead atoms. The Balaban J connectivity index is 1.73. The Labute approximate surface area is 119 Å². The molecule has 2 aromatic rings. The molecule has 0 spiro atoms. The topological polar surface area (TPSA) is 25.2 Å². The van der Waals surface area contributed by atoms with Gasteiger partial charge in [-0.25, -0.2) is 0 Å². The van der Waals surface area contributed by atoms with Crippen molar-refractivity contribution in [3.05, 3.63) is 53.5 Å². The molecule has 0 fully saturated rings. The van der Waals surface area contributed by atoms with E-state index in [0.29, 0.717) is 0 Å². The zero-order valence-corrected chi connectivity index (χ0v) is 12.6. The maximum absolute atomic E-state index is 5.37. The largest absolute Gasteiger partial charge is 0.468 e. The van der Waals surface area contributed by atoms with Crippen molar-refractivity contribution in [3.8, 4) is 0 Å². The summed E-state index contributed by atoms with van der Waals surface area (Å²) in [5.74, 6) is 2.06. The van der Waals surface area contributed by atoms with Gasteiger partial charge in [-0.2, -0.15) is 0 Å². The van der Waals surface area contributed by atoms with Gasteiger partial charge in [-0.3, -0.25) is 0 Å². The highest BCUT2D eigenvalue weighted by atomic mass is 32.2. The Hall–Kier alpha value is -1.19. The van der Waals surface area contributed by atoms with Crippen LogP contribution >= 0.6 is 11.8 Å². The summed E-state index contributed by atoms with van der Waals surface area (Å²) in [6.45, 7) is 7.41. The average Bonchev–Trinajstić information content (AvgIpc) is 2.92. The van der Waals surface area contributed by atoms with Crippen LogP contribution in [-0.4, -0.2) is 12.3 Å². The van der Waals surface area contributed by atoms with Gasteiger partial charge in [-0.05, 0) is 56.2 Å². The molecule has 0 aliphatic rings. The number of hydrogen-bond donors (Lipinski definition) is 1. The number of furan rings is 1. The molecule has 1 unspecified atom stereocenters. The smallest absolute Gasteiger partial charge is 0.120 e. The molecule has 1 aromatic carbocycles. The number of thioether (sulfide) groups is 1. The van der Waals surface area contributed by atoms with Crippen molar-refractivity contribution in [2.24, 2.45) is 0 Å². The quantitative estimate of drug-likeness (QED) is 0.627. The number of nitrogens with one attached hydrogen (secondary N) is 1. The van der Waals surface area contributed by atoms with Crippen LogP contribution in [0.5, 0.6) is 0 Å². The normalized spacial score (nSPS) is 12.6. The zero-order valence-electron chi connectivity index (χ0n) is 11.8. The third-order valence-corrected chi connectivity index (χ3v) is 4.27. The van der Waals surface area contributed by atoms with Crippen LogP contribution in [0.15, 0.2) is 45.9 Å². The molecule has 0 saturated heterocycles. The van der Waals surface area contributed by atoms with Gasteiger partial charge in [0.1, 0.15) is 5.76 Å². The molecule has 1 N–H and O–H groups in total. The summed E-state index contributed by atoms with van der Waals surface area (Å²) in [6.07, 6.45) is 1.72. The van der Waals surface area contributed by atoms with Crippen molar-refractivity contribution in [1.29, 1.82) is 0 Å². The first-order valence-corrected chi connectivity index (χ1v) is 7.62. The second-order valence-corrected chi connectivity index (χ2v) is 5.95. The lowest BCUT2D eigenvalue weighted by Gasteiger charge is -2.11. The molecule has 19 heavy (non-hydrogen) atoms. The highest BCUT2D eigenvalue weighted by molar-refractivity contribution is 7.99. The first kappa shape index (κ1) is 14.2. The van der Waals surface area contributed by atoms with Gasteiger partial charge in [0.2, 0.25) is 0 Å². The van der Waals surface area contributed by atoms with E-state index in [-0.39, 0.29) is 6.04 Å². The first-order chi connectivity index (χ1) is 9.16. The summed E-state index contributed by atoms with van der Waals surface area (Å²) in [7, 11) is 0. The van der Waals surface area contributed by atoms with Crippen LogP contribution in [0, 0.1) is 13.8 Å². The second-order valence-electron chi connectivity index (χ2n) is 4.79. The maximum atomic E-state index is 5.37. The van der Waals surface area contributed by atoms with E-state index in [1.165, 1.54) is 16.0 Å². The van der Waals surface area contributed by atoms with E-state index in [0.717, 1.165) is 18.1 Å². The predicted molar refractivity (Wildman–Crippen MR) is 81.8 cm³/mol. The van der Waals surface area contributed by atoms with Crippen molar-refractivity contribution >= 4 is 11.8 Å². The van der Waals surface area contributed by atoms with Gasteiger partial charge in [0.05, 0.1) is 12.3 Å². The van der Waals surface area contributed by atoms with Crippen LogP contribution in [0.4, 0.5) is 0 Å². The fourth-order valence-corrected chi connectivity index (χ4v) is 2.77. The number of benzene rings is 1. The zero-order chi connectivity index (χ0) is 13.7. The molecular weight excluding hydrogens is 254 g/mol. The van der Waals surface area contributed by atoms with E-state index in [9.17, 15) is 0 Å². The third kappa shape index (κ3) is 4.15. The molecule has 0 saturated carbocycles. The molecule has 0 aliphatic heterocycles. The number of aryl methyl sites for hydroxylation is 2. The lowest BCUT2D eigenvalue weighted by Crippen LogP contribution is -2.20. The number of rotatable bonds is 6. The minimum Gasteiger partial charge on any atom is -0.468 e. The second kappa shape index (κ2) is 6.83. The van der Waals surface area contributed by atoms with E-state index >= 15 is 0 Å². The van der Waals surface area contributed by atoms with E-state index in [4.69, 9.17) is 4.42 Å². The summed E-state index contributed by atoms with van der Waals surface area (Å²) in [5.41, 5.74) is 2.72. The van der Waals surface area contributed by atoms with Gasteiger partial charge >= 0.3 is 0 Å². The van der Waals surface area contributed by atoms with Gasteiger partial charge in [0, 0.05) is 17.2 Å². The molecule has 102 valence electrons. The summed E-state index contributed by atoms with van der Waals surface area (Å²) in [4.78, 5) is 1.34. The van der Waals surface area contributed by atoms with Crippen molar-refractivity contribution < 1.29 is 4.42 Å². The summed E-state index contributed by atoms with van der Waals surface area (Å²) >= 11 is 1.89. The fourth-order valence-electron chi connectivity index (χ4n) is 1.89. The summed E-state index contributed by atoms with van der Waals surface area (Å²) in [6, 6.07) is 10.9. The summed E-state index contributed by atoms with van der Waals surface area (Å²) < 4.78 is 5.37. The SMILES string of the molecule is Cc1ccc(SCCNC(C)c2ccco2)cc1C. The monoisotopic (exact) mass is 275 g/mol. The Morgan fingerprint density at radius 2 is 2.05 bits per heavy atom. The molecule has 0 aliphatic carbocycles. The standard InChI is InChI=1S/C16H21NOS/c1-12-6-7-15(11-13(12)2)19-10-8-17-14(3)16-5-4-9-18-16/h4-7,9,11,14,17H,8,10H2,1-3H3. The third-order valence-electron chi connectivity index (χ3n) is 3.27. The minimum atomic E-state index is 0.273. The maximum Gasteiger partial charge on any atom is 0.120 e. The molecule has 2 nitrogen and oxygen atoms in total. The molecule has 0 amide bonds. The van der Waals surface area contributed by atoms with Crippen molar-refractivity contribution in [2.45, 2.75) is 31.7 Å². The van der Waals surface area contributed by atoms with Gasteiger partial charge in [-0.1, -0.05) is 6.07 Å². The van der Waals surface area contributed by atoms with Crippen LogP contribution in [0.2, 0.25) is 0 Å². The molecule has 2 rings (SSSR count). The fraction of sp³-hybridized carbons (Fsp3) is 0.375. The Morgan fingerprint density at radius 1 is 1.21 bits per heavy atom. The van der Waals surface area contributed by atoms with Crippen LogP contribution < -0.4 is 5.32 Å². The van der Waals surface area contributed by atoms with Gasteiger partial charge in [-0.15, -0.1) is 11.8 Å². The number of hydrogen-bond acceptors (Lipinski definition) is 3. The van der Waals surface area contributed by atoms with E-state index in [1.54, 1.807) is 6.26 Å². The molecule has 0 radical (unpaired) electrons. The Bertz CT molecular complexity index is 507. The lowest BCUT2D eigenvalue weighted by atomic mass is 10.1. The molecule has 1 heterocycles. The van der Waals surface area contributed by atoms with Crippen LogP contribution in [-0.2, 0) is 0 Å². The lowest BCUT2D eigenvalue weighted by molar-refractivity contribution is 0.438. The van der Waals surface area contributed by atoms with E-state index in [2.05, 4.69) is 44.3 Å². The van der Waals surface area contributed by atoms with Gasteiger partial charge in [0.25, 0.3) is 0 Å². The highest BCUT2D eigenvalue weighted by Gasteiger charge is 2.06. The Kier molecular flexibility index (Phi) is 5.11. The molecule has 3 heteroatoms. The molecule has 1 aromatic heterocycles. The first-order valence-electron chi connectivity index (χ1n) is 6.63. The van der Waals surface area contributed by atoms with Gasteiger partial charge in [0.15, 0.2) is 0 Å². The minimum absolute atomic E-state index is 0.273. The molecule has 1 atom stereocenters. The highest BCUT2D eigenvalue weighted by Crippen LogP contribution is 2.21. The van der Waals surface area contributed by atoms with Crippen molar-refractivity contribution in [1.82, 2.24) is 5.32 Å².